The quantitative estimate of drug-likeness (QED) is 0.873. The number of rotatable bonds is 3. The van der Waals surface area contributed by atoms with Crippen molar-refractivity contribution in [2.45, 2.75) is 12.0 Å². The number of anilines is 1. The van der Waals surface area contributed by atoms with Gasteiger partial charge in [-0.1, -0.05) is 0 Å². The lowest BCUT2D eigenvalue weighted by atomic mass is 10.2. The summed E-state index contributed by atoms with van der Waals surface area (Å²) >= 11 is 1.64. The third kappa shape index (κ3) is 2.96. The summed E-state index contributed by atoms with van der Waals surface area (Å²) in [5.41, 5.74) is 0.741. The van der Waals surface area contributed by atoms with E-state index in [0.717, 1.165) is 11.3 Å². The predicted octanol–water partition coefficient (Wildman–Crippen LogP) is 0.498. The maximum absolute atomic E-state index is 11.8. The van der Waals surface area contributed by atoms with Crippen LogP contribution >= 0.6 is 11.8 Å². The van der Waals surface area contributed by atoms with E-state index in [1.54, 1.807) is 30.1 Å². The van der Waals surface area contributed by atoms with Gasteiger partial charge in [0.25, 0.3) is 0 Å². The Kier molecular flexibility index (Phi) is 4.14. The second kappa shape index (κ2) is 5.46. The van der Waals surface area contributed by atoms with Crippen molar-refractivity contribution >= 4 is 27.4 Å². The van der Waals surface area contributed by atoms with Crippen molar-refractivity contribution in [2.75, 3.05) is 29.2 Å². The molecule has 0 aliphatic carbocycles. The van der Waals surface area contributed by atoms with Crippen LogP contribution in [0.1, 0.15) is 5.56 Å². The van der Waals surface area contributed by atoms with E-state index in [2.05, 4.69) is 4.98 Å². The molecule has 1 saturated heterocycles. The average molecular weight is 288 g/mol. The minimum absolute atomic E-state index is 0.0678. The van der Waals surface area contributed by atoms with Crippen LogP contribution in [0.5, 0.6) is 0 Å². The summed E-state index contributed by atoms with van der Waals surface area (Å²) in [7, 11) is -3.14. The molecule has 1 unspecified atom stereocenters. The highest BCUT2D eigenvalue weighted by Crippen LogP contribution is 2.25. The molecule has 7 heteroatoms. The van der Waals surface area contributed by atoms with Crippen molar-refractivity contribution in [3.63, 3.8) is 0 Å². The second-order valence-electron chi connectivity index (χ2n) is 4.23. The third-order valence-corrected chi connectivity index (χ3v) is 5.51. The lowest BCUT2D eigenvalue weighted by Gasteiger charge is -2.35. The number of nitrogens with zero attached hydrogens (tertiary/aromatic N) is 2. The molecule has 5 nitrogen and oxygen atoms in total. The molecule has 100 valence electrons. The topological polar surface area (TPSA) is 70.5 Å². The number of aliphatic hydroxyl groups is 1. The summed E-state index contributed by atoms with van der Waals surface area (Å²) < 4.78 is 23.6. The molecule has 0 amide bonds. The second-order valence-corrected chi connectivity index (χ2v) is 7.59. The van der Waals surface area contributed by atoms with Crippen molar-refractivity contribution in [3.05, 3.63) is 23.9 Å². The van der Waals surface area contributed by atoms with Crippen molar-refractivity contribution in [2.24, 2.45) is 0 Å². The molecule has 0 saturated carbocycles. The Morgan fingerprint density at radius 3 is 3.06 bits per heavy atom. The SMILES string of the molecule is CS(=O)(=O)C1CSCCN1c1cc(CO)ccn1. The summed E-state index contributed by atoms with van der Waals surface area (Å²) in [5, 5.41) is 8.59. The molecule has 2 rings (SSSR count). The minimum Gasteiger partial charge on any atom is -0.392 e. The summed E-state index contributed by atoms with van der Waals surface area (Å²) in [6, 6.07) is 3.46. The Labute approximate surface area is 111 Å². The number of aromatic nitrogens is 1. The molecule has 0 spiro atoms. The fourth-order valence-electron chi connectivity index (χ4n) is 1.91. The van der Waals surface area contributed by atoms with Gasteiger partial charge in [0.1, 0.15) is 11.2 Å². The van der Waals surface area contributed by atoms with E-state index in [1.807, 2.05) is 4.90 Å². The smallest absolute Gasteiger partial charge is 0.169 e. The molecular weight excluding hydrogens is 272 g/mol. The van der Waals surface area contributed by atoms with Crippen molar-refractivity contribution < 1.29 is 13.5 Å². The number of hydrogen-bond donors (Lipinski definition) is 1. The average Bonchev–Trinajstić information content (AvgIpc) is 2.38. The molecule has 1 aliphatic rings. The van der Waals surface area contributed by atoms with Crippen LogP contribution in [0.4, 0.5) is 5.82 Å². The molecule has 18 heavy (non-hydrogen) atoms. The normalized spacial score (nSPS) is 21.0. The number of pyridine rings is 1. The summed E-state index contributed by atoms with van der Waals surface area (Å²) in [5.74, 6) is 2.07. The van der Waals surface area contributed by atoms with E-state index in [9.17, 15) is 8.42 Å². The van der Waals surface area contributed by atoms with Gasteiger partial charge in [0.15, 0.2) is 9.84 Å². The maximum atomic E-state index is 11.8. The first-order valence-electron chi connectivity index (χ1n) is 5.61. The number of hydrogen-bond acceptors (Lipinski definition) is 6. The molecule has 1 fully saturated rings. The van der Waals surface area contributed by atoms with Crippen LogP contribution in [0.25, 0.3) is 0 Å². The molecule has 0 radical (unpaired) electrons. The molecular formula is C11H16N2O3S2. The van der Waals surface area contributed by atoms with Gasteiger partial charge in [-0.25, -0.2) is 13.4 Å². The molecule has 1 aromatic rings. The molecule has 1 atom stereocenters. The highest BCUT2D eigenvalue weighted by Gasteiger charge is 2.31. The molecule has 0 aromatic carbocycles. The molecule has 1 aliphatic heterocycles. The van der Waals surface area contributed by atoms with Gasteiger partial charge in [0, 0.05) is 30.5 Å². The van der Waals surface area contributed by atoms with E-state index >= 15 is 0 Å². The lowest BCUT2D eigenvalue weighted by molar-refractivity contribution is 0.281. The maximum Gasteiger partial charge on any atom is 0.169 e. The first-order valence-corrected chi connectivity index (χ1v) is 8.72. The molecule has 1 N–H and O–H groups in total. The third-order valence-electron chi connectivity index (χ3n) is 2.87. The minimum atomic E-state index is -3.14. The van der Waals surface area contributed by atoms with Gasteiger partial charge >= 0.3 is 0 Å². The largest absolute Gasteiger partial charge is 0.392 e. The van der Waals surface area contributed by atoms with Gasteiger partial charge in [-0.3, -0.25) is 0 Å². The lowest BCUT2D eigenvalue weighted by Crippen LogP contribution is -2.47. The van der Waals surface area contributed by atoms with Gasteiger partial charge in [-0.2, -0.15) is 11.8 Å². The monoisotopic (exact) mass is 288 g/mol. The van der Waals surface area contributed by atoms with Crippen LogP contribution in [0, 0.1) is 0 Å². The Morgan fingerprint density at radius 2 is 2.39 bits per heavy atom. The zero-order chi connectivity index (χ0) is 13.2. The zero-order valence-corrected chi connectivity index (χ0v) is 11.7. The highest BCUT2D eigenvalue weighted by molar-refractivity contribution is 8.01. The zero-order valence-electron chi connectivity index (χ0n) is 10.1. The van der Waals surface area contributed by atoms with Crippen LogP contribution in [0.3, 0.4) is 0 Å². The fraction of sp³-hybridized carbons (Fsp3) is 0.545. The molecule has 0 bridgehead atoms. The van der Waals surface area contributed by atoms with Crippen molar-refractivity contribution in [1.82, 2.24) is 4.98 Å². The van der Waals surface area contributed by atoms with Gasteiger partial charge in [0.05, 0.1) is 6.61 Å². The Balaban J connectivity index is 2.33. The van der Waals surface area contributed by atoms with Crippen LogP contribution in [0.15, 0.2) is 18.3 Å². The first-order chi connectivity index (χ1) is 8.52. The summed E-state index contributed by atoms with van der Waals surface area (Å²) in [6.45, 7) is 0.589. The number of sulfone groups is 1. The van der Waals surface area contributed by atoms with Crippen molar-refractivity contribution in [3.8, 4) is 0 Å². The predicted molar refractivity (Wildman–Crippen MR) is 73.5 cm³/mol. The Hall–Kier alpha value is -0.790. The Morgan fingerprint density at radius 1 is 1.61 bits per heavy atom. The van der Waals surface area contributed by atoms with Crippen LogP contribution < -0.4 is 4.90 Å². The van der Waals surface area contributed by atoms with Gasteiger partial charge in [0.2, 0.25) is 0 Å². The Bertz CT molecular complexity index is 519. The van der Waals surface area contributed by atoms with E-state index in [0.29, 0.717) is 18.1 Å². The standard InChI is InChI=1S/C11H16N2O3S2/c1-18(15,16)11-8-17-5-4-13(11)10-6-9(7-14)2-3-12-10/h2-3,6,11,14H,4-5,7-8H2,1H3. The van der Waals surface area contributed by atoms with E-state index < -0.39 is 15.2 Å². The molecule has 2 heterocycles. The summed E-state index contributed by atoms with van der Waals surface area (Å²) in [6.07, 6.45) is 2.86. The van der Waals surface area contributed by atoms with Gasteiger partial charge < -0.3 is 10.0 Å². The van der Waals surface area contributed by atoms with E-state index in [-0.39, 0.29) is 6.61 Å². The first kappa shape index (κ1) is 13.6. The number of thioether (sulfide) groups is 1. The van der Waals surface area contributed by atoms with Crippen LogP contribution in [-0.4, -0.2) is 48.2 Å². The van der Waals surface area contributed by atoms with Crippen molar-refractivity contribution in [1.29, 1.82) is 0 Å². The fourth-order valence-corrected chi connectivity index (χ4v) is 4.74. The number of aliphatic hydroxyl groups excluding tert-OH is 1. The van der Waals surface area contributed by atoms with E-state index in [1.165, 1.54) is 6.26 Å². The molecule has 1 aromatic heterocycles. The van der Waals surface area contributed by atoms with E-state index in [4.69, 9.17) is 5.11 Å². The van der Waals surface area contributed by atoms with Gasteiger partial charge in [-0.15, -0.1) is 0 Å². The summed E-state index contributed by atoms with van der Waals surface area (Å²) in [4.78, 5) is 6.03. The van der Waals surface area contributed by atoms with Gasteiger partial charge in [-0.05, 0) is 17.7 Å². The van der Waals surface area contributed by atoms with Crippen LogP contribution in [0.2, 0.25) is 0 Å². The van der Waals surface area contributed by atoms with Crippen LogP contribution in [-0.2, 0) is 16.4 Å². The highest BCUT2D eigenvalue weighted by atomic mass is 32.2.